The van der Waals surface area contributed by atoms with Crippen LogP contribution in [0.3, 0.4) is 0 Å². The molecular formula is C15H22ClNO2. The number of alkyl halides is 1. The van der Waals surface area contributed by atoms with Crippen molar-refractivity contribution in [3.63, 3.8) is 0 Å². The topological polar surface area (TPSA) is 38.3 Å². The van der Waals surface area contributed by atoms with Gasteiger partial charge in [0.15, 0.2) is 0 Å². The van der Waals surface area contributed by atoms with Crippen molar-refractivity contribution < 1.29 is 9.53 Å². The van der Waals surface area contributed by atoms with Gasteiger partial charge in [-0.25, -0.2) is 0 Å². The molecule has 0 aromatic heterocycles. The molecule has 1 N–H and O–H groups in total. The first-order valence-corrected chi connectivity index (χ1v) is 7.32. The Kier molecular flexibility index (Phi) is 8.26. The molecular weight excluding hydrogens is 262 g/mol. The highest BCUT2D eigenvalue weighted by atomic mass is 35.5. The Morgan fingerprint density at radius 1 is 1.21 bits per heavy atom. The van der Waals surface area contributed by atoms with E-state index in [4.69, 9.17) is 16.3 Å². The maximum atomic E-state index is 11.8. The normalized spacial score (nSPS) is 10.4. The van der Waals surface area contributed by atoms with E-state index in [9.17, 15) is 4.79 Å². The number of carbonyl (C=O) groups excluding carboxylic acids is 1. The number of amides is 1. The highest BCUT2D eigenvalue weighted by Gasteiger charge is 2.04. The van der Waals surface area contributed by atoms with Gasteiger partial charge in [0, 0.05) is 31.2 Å². The minimum Gasteiger partial charge on any atom is -0.381 e. The molecule has 3 nitrogen and oxygen atoms in total. The number of hydrogen-bond acceptors (Lipinski definition) is 2. The van der Waals surface area contributed by atoms with Crippen LogP contribution in [0.1, 0.15) is 42.1 Å². The van der Waals surface area contributed by atoms with Crippen molar-refractivity contribution in [2.45, 2.75) is 32.1 Å². The number of nitrogens with one attached hydrogen (secondary N) is 1. The van der Waals surface area contributed by atoms with E-state index in [0.717, 1.165) is 31.4 Å². The van der Waals surface area contributed by atoms with Gasteiger partial charge in [0.1, 0.15) is 0 Å². The van der Waals surface area contributed by atoms with Gasteiger partial charge >= 0.3 is 0 Å². The third kappa shape index (κ3) is 6.60. The Labute approximate surface area is 120 Å². The molecule has 0 aliphatic carbocycles. The van der Waals surface area contributed by atoms with Gasteiger partial charge in [-0.05, 0) is 30.5 Å². The van der Waals surface area contributed by atoms with Crippen molar-refractivity contribution in [1.82, 2.24) is 5.32 Å². The molecule has 0 aliphatic rings. The molecule has 0 saturated heterocycles. The lowest BCUT2D eigenvalue weighted by atomic mass is 10.1. The van der Waals surface area contributed by atoms with Crippen molar-refractivity contribution in [2.75, 3.05) is 19.8 Å². The van der Waals surface area contributed by atoms with Crippen molar-refractivity contribution >= 4 is 17.5 Å². The third-order valence-corrected chi connectivity index (χ3v) is 3.07. The zero-order valence-electron chi connectivity index (χ0n) is 11.5. The molecule has 0 aliphatic heterocycles. The van der Waals surface area contributed by atoms with Crippen LogP contribution in [0.4, 0.5) is 0 Å². The first kappa shape index (κ1) is 16.0. The Morgan fingerprint density at radius 3 is 2.53 bits per heavy atom. The summed E-state index contributed by atoms with van der Waals surface area (Å²) in [5.74, 6) is 0.423. The Hall–Kier alpha value is -1.06. The molecule has 4 heteroatoms. The van der Waals surface area contributed by atoms with E-state index >= 15 is 0 Å². The summed E-state index contributed by atoms with van der Waals surface area (Å²) < 4.78 is 5.43. The molecule has 106 valence electrons. The summed E-state index contributed by atoms with van der Waals surface area (Å²) in [6, 6.07) is 7.33. The molecule has 1 amide bonds. The molecule has 0 saturated carbocycles. The van der Waals surface area contributed by atoms with Crippen molar-refractivity contribution in [3.05, 3.63) is 35.4 Å². The smallest absolute Gasteiger partial charge is 0.251 e. The van der Waals surface area contributed by atoms with Crippen LogP contribution in [0.15, 0.2) is 24.3 Å². The molecule has 0 bridgehead atoms. The molecule has 0 heterocycles. The maximum Gasteiger partial charge on any atom is 0.251 e. The zero-order chi connectivity index (χ0) is 13.9. The highest BCUT2D eigenvalue weighted by molar-refractivity contribution is 6.17. The van der Waals surface area contributed by atoms with Gasteiger partial charge in [0.25, 0.3) is 5.91 Å². The molecule has 0 radical (unpaired) electrons. The summed E-state index contributed by atoms with van der Waals surface area (Å²) >= 11 is 5.70. The summed E-state index contributed by atoms with van der Waals surface area (Å²) in [6.07, 6.45) is 3.09. The van der Waals surface area contributed by atoms with E-state index in [1.165, 1.54) is 0 Å². The third-order valence-electron chi connectivity index (χ3n) is 2.76. The average molecular weight is 284 g/mol. The fraction of sp³-hybridized carbons (Fsp3) is 0.533. The van der Waals surface area contributed by atoms with Gasteiger partial charge in [0.2, 0.25) is 0 Å². The van der Waals surface area contributed by atoms with E-state index < -0.39 is 0 Å². The van der Waals surface area contributed by atoms with Gasteiger partial charge in [-0.15, -0.1) is 11.6 Å². The molecule has 0 spiro atoms. The SMILES string of the molecule is CCCCOCCCNC(=O)c1ccc(CCl)cc1. The van der Waals surface area contributed by atoms with Crippen LogP contribution in [0.25, 0.3) is 0 Å². The lowest BCUT2D eigenvalue weighted by Crippen LogP contribution is -2.25. The fourth-order valence-corrected chi connectivity index (χ4v) is 1.75. The Balaban J connectivity index is 2.16. The second-order valence-electron chi connectivity index (χ2n) is 4.41. The number of benzene rings is 1. The predicted molar refractivity (Wildman–Crippen MR) is 78.7 cm³/mol. The molecule has 0 atom stereocenters. The van der Waals surface area contributed by atoms with E-state index in [2.05, 4.69) is 12.2 Å². The first-order chi connectivity index (χ1) is 9.27. The largest absolute Gasteiger partial charge is 0.381 e. The Morgan fingerprint density at radius 2 is 1.89 bits per heavy atom. The van der Waals surface area contributed by atoms with Crippen LogP contribution < -0.4 is 5.32 Å². The molecule has 0 fully saturated rings. The maximum absolute atomic E-state index is 11.8. The highest BCUT2D eigenvalue weighted by Crippen LogP contribution is 2.06. The lowest BCUT2D eigenvalue weighted by Gasteiger charge is -2.06. The number of rotatable bonds is 9. The van der Waals surface area contributed by atoms with Gasteiger partial charge in [0.05, 0.1) is 0 Å². The second kappa shape index (κ2) is 9.82. The Bertz CT molecular complexity index is 365. The summed E-state index contributed by atoms with van der Waals surface area (Å²) in [5, 5.41) is 2.88. The first-order valence-electron chi connectivity index (χ1n) is 6.78. The lowest BCUT2D eigenvalue weighted by molar-refractivity contribution is 0.0940. The fourth-order valence-electron chi connectivity index (χ4n) is 1.57. The minimum atomic E-state index is -0.0466. The van der Waals surface area contributed by atoms with Crippen LogP contribution in [0, 0.1) is 0 Å². The van der Waals surface area contributed by atoms with Crippen molar-refractivity contribution in [2.24, 2.45) is 0 Å². The molecule has 1 aromatic carbocycles. The molecule has 19 heavy (non-hydrogen) atoms. The van der Waals surface area contributed by atoms with Gasteiger partial charge < -0.3 is 10.1 Å². The summed E-state index contributed by atoms with van der Waals surface area (Å²) in [4.78, 5) is 11.8. The second-order valence-corrected chi connectivity index (χ2v) is 4.67. The van der Waals surface area contributed by atoms with E-state index in [-0.39, 0.29) is 5.91 Å². The molecule has 1 aromatic rings. The average Bonchev–Trinajstić information content (AvgIpc) is 2.46. The molecule has 0 unspecified atom stereocenters. The number of ether oxygens (including phenoxy) is 1. The van der Waals surface area contributed by atoms with Crippen molar-refractivity contribution in [3.8, 4) is 0 Å². The van der Waals surface area contributed by atoms with E-state index in [0.29, 0.717) is 24.6 Å². The number of unbranched alkanes of at least 4 members (excludes halogenated alkanes) is 1. The number of halogens is 1. The zero-order valence-corrected chi connectivity index (χ0v) is 12.2. The predicted octanol–water partition coefficient (Wildman–Crippen LogP) is 3.36. The van der Waals surface area contributed by atoms with Crippen LogP contribution in [0.2, 0.25) is 0 Å². The van der Waals surface area contributed by atoms with Crippen LogP contribution >= 0.6 is 11.6 Å². The summed E-state index contributed by atoms with van der Waals surface area (Å²) in [5.41, 5.74) is 1.68. The minimum absolute atomic E-state index is 0.0466. The van der Waals surface area contributed by atoms with Crippen LogP contribution in [0.5, 0.6) is 0 Å². The standard InChI is InChI=1S/C15H22ClNO2/c1-2-3-10-19-11-4-9-17-15(18)14-7-5-13(12-16)6-8-14/h5-8H,2-4,9-12H2,1H3,(H,17,18). The van der Waals surface area contributed by atoms with Crippen molar-refractivity contribution in [1.29, 1.82) is 0 Å². The van der Waals surface area contributed by atoms with Crippen LogP contribution in [-0.2, 0) is 10.6 Å². The number of hydrogen-bond donors (Lipinski definition) is 1. The number of carbonyl (C=O) groups is 1. The van der Waals surface area contributed by atoms with Gasteiger partial charge in [-0.1, -0.05) is 25.5 Å². The quantitative estimate of drug-likeness (QED) is 0.557. The molecule has 1 rings (SSSR count). The van der Waals surface area contributed by atoms with Gasteiger partial charge in [-0.3, -0.25) is 4.79 Å². The van der Waals surface area contributed by atoms with E-state index in [1.807, 2.05) is 12.1 Å². The summed E-state index contributed by atoms with van der Waals surface area (Å²) in [7, 11) is 0. The van der Waals surface area contributed by atoms with Gasteiger partial charge in [-0.2, -0.15) is 0 Å². The summed E-state index contributed by atoms with van der Waals surface area (Å²) in [6.45, 7) is 4.29. The monoisotopic (exact) mass is 283 g/mol. The van der Waals surface area contributed by atoms with E-state index in [1.54, 1.807) is 12.1 Å². The van der Waals surface area contributed by atoms with Crippen LogP contribution in [-0.4, -0.2) is 25.7 Å².